The van der Waals surface area contributed by atoms with Crippen LogP contribution in [0.2, 0.25) is 16.0 Å². The summed E-state index contributed by atoms with van der Waals surface area (Å²) in [5, 5.41) is 2.73. The molecule has 0 fully saturated rings. The van der Waals surface area contributed by atoms with Gasteiger partial charge in [-0.15, -0.1) is 0 Å². The predicted molar refractivity (Wildman–Crippen MR) is 193 cm³/mol. The van der Waals surface area contributed by atoms with Crippen LogP contribution < -0.4 is 13.4 Å². The summed E-state index contributed by atoms with van der Waals surface area (Å²) >= 11 is -6.56. The van der Waals surface area contributed by atoms with Crippen LogP contribution in [0.5, 0.6) is 0 Å². The van der Waals surface area contributed by atoms with Crippen LogP contribution in [0.15, 0.2) is 72.8 Å². The molecular weight excluding hydrogens is 712 g/mol. The average Bonchev–Trinajstić information content (AvgIpc) is 2.95. The fourth-order valence-electron chi connectivity index (χ4n) is 5.29. The first kappa shape index (κ1) is 38.5. The molecule has 6 N–H and O–H groups in total. The molecule has 0 aromatic heterocycles. The van der Waals surface area contributed by atoms with Crippen LogP contribution in [0.1, 0.15) is 76.0 Å². The van der Waals surface area contributed by atoms with Crippen molar-refractivity contribution in [1.29, 1.82) is 0 Å². The molecule has 0 saturated carbocycles. The van der Waals surface area contributed by atoms with Crippen LogP contribution in [0.4, 0.5) is 0 Å². The number of benzene rings is 3. The van der Waals surface area contributed by atoms with E-state index in [0.717, 1.165) is 84.6 Å². The summed E-state index contributed by atoms with van der Waals surface area (Å²) in [6.45, 7) is 12.3. The van der Waals surface area contributed by atoms with Crippen molar-refractivity contribution in [2.24, 2.45) is 0 Å². The van der Waals surface area contributed by atoms with Gasteiger partial charge in [-0.3, -0.25) is 0 Å². The minimum atomic E-state index is -4.20. The number of unbranched alkanes of at least 4 members (excludes halogenated alkanes) is 3. The van der Waals surface area contributed by atoms with Crippen molar-refractivity contribution in [2.75, 3.05) is 0 Å². The van der Waals surface area contributed by atoms with Gasteiger partial charge in [0.25, 0.3) is 0 Å². The number of hydrogen-bond acceptors (Lipinski definition) is 6. The Kier molecular flexibility index (Phi) is 15.5. The average molecular weight is 769 g/mol. The first-order valence-electron chi connectivity index (χ1n) is 15.3. The molecule has 246 valence electrons. The van der Waals surface area contributed by atoms with E-state index in [1.165, 1.54) is 0 Å². The number of aryl methyl sites for hydroxylation is 3. The fourth-order valence-corrected chi connectivity index (χ4v) is 34.9. The number of rotatable bonds is 12. The van der Waals surface area contributed by atoms with Crippen LogP contribution in [0, 0.1) is 20.8 Å². The van der Waals surface area contributed by atoms with Gasteiger partial charge in [-0.05, 0) is 0 Å². The van der Waals surface area contributed by atoms with E-state index in [9.17, 15) is 29.4 Å². The summed E-state index contributed by atoms with van der Waals surface area (Å²) in [4.78, 5) is 62.1. The van der Waals surface area contributed by atoms with E-state index in [1.54, 1.807) is 0 Å². The van der Waals surface area contributed by atoms with Crippen LogP contribution in [0.3, 0.4) is 0 Å². The molecule has 6 nitrogen and oxygen atoms in total. The van der Waals surface area contributed by atoms with Crippen molar-refractivity contribution in [1.82, 2.24) is 0 Å². The van der Waals surface area contributed by atoms with Gasteiger partial charge in [0.05, 0.1) is 0 Å². The molecule has 0 bridgehead atoms. The summed E-state index contributed by atoms with van der Waals surface area (Å²) in [6, 6.07) is 23.4. The van der Waals surface area contributed by atoms with Gasteiger partial charge >= 0.3 is 264 Å². The van der Waals surface area contributed by atoms with Crippen molar-refractivity contribution in [3.05, 3.63) is 89.5 Å². The Balaban J connectivity index is 0.000000332. The van der Waals surface area contributed by atoms with E-state index < -0.39 is 36.2 Å². The van der Waals surface area contributed by atoms with Gasteiger partial charge in [-0.2, -0.15) is 0 Å². The zero-order valence-corrected chi connectivity index (χ0v) is 32.3. The quantitative estimate of drug-likeness (QED) is 0.102. The van der Waals surface area contributed by atoms with E-state index in [0.29, 0.717) is 0 Å². The van der Waals surface area contributed by atoms with Gasteiger partial charge in [0, 0.05) is 0 Å². The molecule has 0 unspecified atom stereocenters. The summed E-state index contributed by atoms with van der Waals surface area (Å²) < 4.78 is 2.46. The summed E-state index contributed by atoms with van der Waals surface area (Å²) in [7, 11) is 0. The Morgan fingerprint density at radius 1 is 0.442 bits per heavy atom. The Morgan fingerprint density at radius 3 is 0.884 bits per heavy atom. The van der Waals surface area contributed by atoms with Crippen LogP contribution in [-0.2, 0) is 0 Å². The molecule has 3 rings (SSSR count). The second kappa shape index (κ2) is 17.3. The normalized spacial score (nSPS) is 13.3. The SMILES string of the molecule is CCCC[SeH](CCCC)(CCCC)=P(O)(O)O.Cc1ccc([SeH](c2ccc(C)cc2)(c2ccc(C)cc2)=P(O)(O)O)cc1. The molecule has 0 spiro atoms. The monoisotopic (exact) mass is 770 g/mol. The van der Waals surface area contributed by atoms with E-state index in [2.05, 4.69) is 20.8 Å². The summed E-state index contributed by atoms with van der Waals surface area (Å²) in [5.41, 5.74) is 3.27. The molecule has 0 heterocycles. The van der Waals surface area contributed by atoms with Crippen LogP contribution in [-0.4, -0.2) is 53.2 Å². The minimum absolute atomic E-state index is 0.822. The Hall–Kier alpha value is -0.681. The maximum absolute atomic E-state index is 10.8. The molecular formula is C33H56O6P2Se2. The maximum atomic E-state index is 10.8. The Bertz CT molecular complexity index is 1280. The topological polar surface area (TPSA) is 121 Å². The standard InChI is InChI=1S/C21H25O3PSe.C12H31O3PSe/c1-16-4-10-19(11-5-16)26(25(22,23)24,20-12-6-17(2)7-13-20)21-14-8-18(3)9-15-21;1-4-7-10-17(11-8-5-2,12-9-6-3)16(13,14)15/h4-15,22-24,26H,1-3H3;13-15,17H,4-12H2,1-3H3. The molecule has 3 aromatic carbocycles. The van der Waals surface area contributed by atoms with Gasteiger partial charge in [0.2, 0.25) is 0 Å². The Labute approximate surface area is 263 Å². The van der Waals surface area contributed by atoms with Crippen molar-refractivity contribution < 1.29 is 29.4 Å². The zero-order chi connectivity index (χ0) is 32.3. The van der Waals surface area contributed by atoms with Crippen LogP contribution in [0.25, 0.3) is 0 Å². The first-order valence-corrected chi connectivity index (χ1v) is 30.3. The van der Waals surface area contributed by atoms with Gasteiger partial charge in [-0.1, -0.05) is 0 Å². The van der Waals surface area contributed by atoms with E-state index in [4.69, 9.17) is 0 Å². The molecule has 0 saturated heterocycles. The van der Waals surface area contributed by atoms with Crippen molar-refractivity contribution in [3.63, 3.8) is 0 Å². The summed E-state index contributed by atoms with van der Waals surface area (Å²) in [6.07, 6.45) is -1.46. The van der Waals surface area contributed by atoms with Gasteiger partial charge in [0.15, 0.2) is 0 Å². The number of hydrogen-bond donors (Lipinski definition) is 6. The van der Waals surface area contributed by atoms with E-state index in [-0.39, 0.29) is 0 Å². The molecule has 0 aliphatic heterocycles. The molecule has 0 radical (unpaired) electrons. The molecule has 10 heteroatoms. The molecule has 0 aliphatic rings. The van der Waals surface area contributed by atoms with Crippen LogP contribution >= 0.6 is 12.4 Å². The van der Waals surface area contributed by atoms with E-state index in [1.807, 2.05) is 93.6 Å². The summed E-state index contributed by atoms with van der Waals surface area (Å²) in [5.74, 6) is 0. The molecule has 0 atom stereocenters. The van der Waals surface area contributed by atoms with Crippen molar-refractivity contribution in [2.45, 2.75) is 96.0 Å². The zero-order valence-electron chi connectivity index (χ0n) is 26.8. The fraction of sp³-hybridized carbons (Fsp3) is 0.455. The van der Waals surface area contributed by atoms with Gasteiger partial charge < -0.3 is 0 Å². The third kappa shape index (κ3) is 9.90. The molecule has 3 aromatic rings. The van der Waals surface area contributed by atoms with Gasteiger partial charge in [0.1, 0.15) is 0 Å². The van der Waals surface area contributed by atoms with Gasteiger partial charge in [-0.25, -0.2) is 0 Å². The second-order valence-corrected chi connectivity index (χ2v) is 41.3. The molecule has 0 amide bonds. The van der Waals surface area contributed by atoms with Crippen molar-refractivity contribution >= 4 is 49.6 Å². The third-order valence-corrected chi connectivity index (χ3v) is 42.7. The molecule has 0 aliphatic carbocycles. The second-order valence-electron chi connectivity index (χ2n) is 11.5. The Morgan fingerprint density at radius 2 is 0.698 bits per heavy atom. The molecule has 43 heavy (non-hydrogen) atoms. The van der Waals surface area contributed by atoms with E-state index >= 15 is 0 Å². The predicted octanol–water partition coefficient (Wildman–Crippen LogP) is 5.85. The first-order chi connectivity index (χ1) is 20.2. The van der Waals surface area contributed by atoms with Crippen molar-refractivity contribution in [3.8, 4) is 0 Å². The third-order valence-electron chi connectivity index (χ3n) is 7.98.